The molecule has 126 valence electrons. The van der Waals surface area contributed by atoms with E-state index in [0.717, 1.165) is 19.5 Å². The van der Waals surface area contributed by atoms with Crippen LogP contribution in [0.4, 0.5) is 0 Å². The molecular weight excluding hydrogens is 312 g/mol. The highest BCUT2D eigenvalue weighted by Crippen LogP contribution is 2.16. The number of aryl methyl sites for hydroxylation is 1. The maximum atomic E-state index is 11.8. The average Bonchev–Trinajstić information content (AvgIpc) is 2.56. The molecule has 4 nitrogen and oxygen atoms in total. The third-order valence-electron chi connectivity index (χ3n) is 3.56. The summed E-state index contributed by atoms with van der Waals surface area (Å²) in [6, 6.07) is 14.7. The van der Waals surface area contributed by atoms with Gasteiger partial charge in [0.2, 0.25) is 5.91 Å². The third kappa shape index (κ3) is 6.99. The van der Waals surface area contributed by atoms with Gasteiger partial charge < -0.3 is 15.4 Å². The van der Waals surface area contributed by atoms with Crippen LogP contribution in [0, 0.1) is 0 Å². The lowest BCUT2D eigenvalue weighted by Crippen LogP contribution is -2.33. The van der Waals surface area contributed by atoms with E-state index in [1.807, 2.05) is 12.1 Å². The Hall–Kier alpha value is -1.62. The fraction of sp³-hybridized carbons (Fsp3) is 0.389. The van der Waals surface area contributed by atoms with Crippen molar-refractivity contribution in [1.29, 1.82) is 0 Å². The van der Waals surface area contributed by atoms with Crippen LogP contribution in [-0.4, -0.2) is 39.3 Å². The average molecular weight is 337 g/mol. The summed E-state index contributed by atoms with van der Waals surface area (Å²) in [4.78, 5) is 11.8. The van der Waals surface area contributed by atoms with Gasteiger partial charge in [-0.05, 0) is 22.8 Å². The van der Waals surface area contributed by atoms with Crippen LogP contribution in [0.15, 0.2) is 42.5 Å². The number of amides is 1. The maximum absolute atomic E-state index is 11.8. The highest BCUT2D eigenvalue weighted by Gasteiger charge is 2.02. The Balaban J connectivity index is 0.00000264. The summed E-state index contributed by atoms with van der Waals surface area (Å²) in [5.74, 6) is 0.0988. The van der Waals surface area contributed by atoms with Gasteiger partial charge in [-0.1, -0.05) is 42.5 Å². The van der Waals surface area contributed by atoms with Gasteiger partial charge in [0, 0.05) is 33.2 Å². The van der Waals surface area contributed by atoms with Gasteiger partial charge in [-0.3, -0.25) is 4.79 Å². The summed E-state index contributed by atoms with van der Waals surface area (Å²) >= 11 is 0. The second kappa shape index (κ2) is 11.0. The van der Waals surface area contributed by atoms with Gasteiger partial charge in [0.15, 0.2) is 0 Å². The lowest BCUT2D eigenvalue weighted by molar-refractivity contribution is -0.121. The van der Waals surface area contributed by atoms with E-state index in [1.165, 1.54) is 16.3 Å². The first-order chi connectivity index (χ1) is 10.8. The Morgan fingerprint density at radius 1 is 1.04 bits per heavy atom. The summed E-state index contributed by atoms with van der Waals surface area (Å²) in [7, 11) is 1.68. The lowest BCUT2D eigenvalue weighted by atomic mass is 10.0. The molecule has 0 aliphatic carbocycles. The third-order valence-corrected chi connectivity index (χ3v) is 3.56. The van der Waals surface area contributed by atoms with Crippen molar-refractivity contribution in [3.05, 3.63) is 48.0 Å². The first-order valence-corrected chi connectivity index (χ1v) is 7.73. The maximum Gasteiger partial charge on any atom is 0.220 e. The number of fused-ring (bicyclic) bond motifs is 1. The number of nitrogens with one attached hydrogen (secondary N) is 2. The monoisotopic (exact) mass is 336 g/mol. The standard InChI is InChI=1S/C18H24N2O2.ClH/c1-22-13-12-19-10-11-20-18(21)9-7-15-6-8-16-4-2-3-5-17(16)14-15;/h2-6,8,14,19H,7,9-13H2,1H3,(H,20,21);1H. The zero-order chi connectivity index (χ0) is 15.6. The van der Waals surface area contributed by atoms with E-state index in [4.69, 9.17) is 4.74 Å². The van der Waals surface area contributed by atoms with Crippen LogP contribution in [0.2, 0.25) is 0 Å². The van der Waals surface area contributed by atoms with E-state index in [9.17, 15) is 4.79 Å². The summed E-state index contributed by atoms with van der Waals surface area (Å²) in [5.41, 5.74) is 1.20. The molecule has 0 heterocycles. The quantitative estimate of drug-likeness (QED) is 0.692. The molecule has 23 heavy (non-hydrogen) atoms. The van der Waals surface area contributed by atoms with Gasteiger partial charge in [-0.2, -0.15) is 0 Å². The Morgan fingerprint density at radius 2 is 1.83 bits per heavy atom. The van der Waals surface area contributed by atoms with E-state index in [1.54, 1.807) is 7.11 Å². The van der Waals surface area contributed by atoms with Crippen LogP contribution in [0.1, 0.15) is 12.0 Å². The zero-order valence-electron chi connectivity index (χ0n) is 13.5. The molecule has 2 N–H and O–H groups in total. The van der Waals surface area contributed by atoms with Crippen molar-refractivity contribution in [2.45, 2.75) is 12.8 Å². The summed E-state index contributed by atoms with van der Waals surface area (Å²) in [6.07, 6.45) is 1.30. The van der Waals surface area contributed by atoms with Gasteiger partial charge in [0.1, 0.15) is 0 Å². The number of hydrogen-bond acceptors (Lipinski definition) is 3. The second-order valence-electron chi connectivity index (χ2n) is 5.27. The smallest absolute Gasteiger partial charge is 0.220 e. The van der Waals surface area contributed by atoms with Crippen molar-refractivity contribution < 1.29 is 9.53 Å². The van der Waals surface area contributed by atoms with Crippen molar-refractivity contribution in [3.8, 4) is 0 Å². The molecule has 0 saturated carbocycles. The zero-order valence-corrected chi connectivity index (χ0v) is 14.3. The molecule has 0 saturated heterocycles. The fourth-order valence-corrected chi connectivity index (χ4v) is 2.33. The van der Waals surface area contributed by atoms with Crippen molar-refractivity contribution in [2.75, 3.05) is 33.4 Å². The van der Waals surface area contributed by atoms with Gasteiger partial charge in [-0.25, -0.2) is 0 Å². The molecule has 0 aliphatic rings. The fourth-order valence-electron chi connectivity index (χ4n) is 2.33. The van der Waals surface area contributed by atoms with Crippen LogP contribution in [0.5, 0.6) is 0 Å². The van der Waals surface area contributed by atoms with Gasteiger partial charge in [-0.15, -0.1) is 12.4 Å². The molecule has 0 spiro atoms. The van der Waals surface area contributed by atoms with Crippen molar-refractivity contribution in [3.63, 3.8) is 0 Å². The molecule has 0 aliphatic heterocycles. The summed E-state index contributed by atoms with van der Waals surface area (Å²) < 4.78 is 4.94. The van der Waals surface area contributed by atoms with Crippen molar-refractivity contribution in [1.82, 2.24) is 10.6 Å². The number of benzene rings is 2. The molecular formula is C18H25ClN2O2. The molecule has 0 fully saturated rings. The van der Waals surface area contributed by atoms with Gasteiger partial charge in [0.25, 0.3) is 0 Å². The molecule has 0 bridgehead atoms. The molecule has 0 unspecified atom stereocenters. The number of ether oxygens (including phenoxy) is 1. The molecule has 5 heteroatoms. The number of carbonyl (C=O) groups is 1. The van der Waals surface area contributed by atoms with Crippen molar-refractivity contribution >= 4 is 29.1 Å². The Morgan fingerprint density at radius 3 is 2.61 bits per heavy atom. The molecule has 0 aromatic heterocycles. The van der Waals surface area contributed by atoms with Crippen LogP contribution >= 0.6 is 12.4 Å². The minimum Gasteiger partial charge on any atom is -0.383 e. The van der Waals surface area contributed by atoms with E-state index < -0.39 is 0 Å². The first kappa shape index (κ1) is 19.4. The second-order valence-corrected chi connectivity index (χ2v) is 5.27. The van der Waals surface area contributed by atoms with E-state index in [0.29, 0.717) is 19.6 Å². The number of halogens is 1. The van der Waals surface area contributed by atoms with E-state index in [-0.39, 0.29) is 18.3 Å². The highest BCUT2D eigenvalue weighted by molar-refractivity contribution is 5.85. The molecule has 2 aromatic carbocycles. The SMILES string of the molecule is COCCNCCNC(=O)CCc1ccc2ccccc2c1.Cl. The number of carbonyl (C=O) groups excluding carboxylic acids is 1. The molecule has 2 rings (SSSR count). The van der Waals surface area contributed by atoms with Crippen molar-refractivity contribution in [2.24, 2.45) is 0 Å². The predicted molar refractivity (Wildman–Crippen MR) is 97.3 cm³/mol. The highest BCUT2D eigenvalue weighted by atomic mass is 35.5. The molecule has 1 amide bonds. The topological polar surface area (TPSA) is 50.4 Å². The lowest BCUT2D eigenvalue weighted by Gasteiger charge is -2.07. The van der Waals surface area contributed by atoms with Crippen LogP contribution in [0.25, 0.3) is 10.8 Å². The Labute approximate surface area is 144 Å². The number of methoxy groups -OCH3 is 1. The van der Waals surface area contributed by atoms with Crippen LogP contribution < -0.4 is 10.6 Å². The van der Waals surface area contributed by atoms with E-state index in [2.05, 4.69) is 41.0 Å². The minimum atomic E-state index is 0. The van der Waals surface area contributed by atoms with Gasteiger partial charge in [0.05, 0.1) is 6.61 Å². The molecule has 2 aromatic rings. The molecule has 0 atom stereocenters. The minimum absolute atomic E-state index is 0. The van der Waals surface area contributed by atoms with Gasteiger partial charge >= 0.3 is 0 Å². The van der Waals surface area contributed by atoms with Crippen LogP contribution in [-0.2, 0) is 16.0 Å². The Kier molecular flexibility index (Phi) is 9.29. The molecule has 0 radical (unpaired) electrons. The summed E-state index contributed by atoms with van der Waals surface area (Å²) in [6.45, 7) is 2.92. The Bertz CT molecular complexity index is 604. The van der Waals surface area contributed by atoms with E-state index >= 15 is 0 Å². The number of hydrogen-bond donors (Lipinski definition) is 2. The number of rotatable bonds is 9. The first-order valence-electron chi connectivity index (χ1n) is 7.73. The predicted octanol–water partition coefficient (Wildman–Crippen LogP) is 2.55. The largest absolute Gasteiger partial charge is 0.383 e. The van der Waals surface area contributed by atoms with Crippen LogP contribution in [0.3, 0.4) is 0 Å². The normalized spacial score (nSPS) is 10.3. The summed E-state index contributed by atoms with van der Waals surface area (Å²) in [5, 5.41) is 8.58.